The van der Waals surface area contributed by atoms with Crippen LogP contribution in [0.4, 0.5) is 28.1 Å². The van der Waals surface area contributed by atoms with E-state index >= 15 is 0 Å². The Morgan fingerprint density at radius 1 is 1.07 bits per heavy atom. The van der Waals surface area contributed by atoms with Gasteiger partial charge in [-0.15, -0.1) is 0 Å². The number of nitrogen functional groups attached to an aromatic ring is 1. The lowest BCUT2D eigenvalue weighted by atomic mass is 10.3. The molecule has 2 aromatic carbocycles. The maximum absolute atomic E-state index is 6.26. The van der Waals surface area contributed by atoms with Gasteiger partial charge in [0.1, 0.15) is 17.8 Å². The molecule has 9 heteroatoms. The van der Waals surface area contributed by atoms with Crippen molar-refractivity contribution in [2.45, 2.75) is 0 Å². The number of methoxy groups -OCH3 is 1. The molecule has 0 bridgehead atoms. The maximum atomic E-state index is 6.26. The van der Waals surface area contributed by atoms with Gasteiger partial charge in [0.15, 0.2) is 16.8 Å². The van der Waals surface area contributed by atoms with Crippen LogP contribution in [-0.4, -0.2) is 22.1 Å². The van der Waals surface area contributed by atoms with Gasteiger partial charge in [-0.2, -0.15) is 0 Å². The van der Waals surface area contributed by atoms with Gasteiger partial charge in [-0.1, -0.05) is 35.1 Å². The third-order valence-electron chi connectivity index (χ3n) is 3.82. The average Bonchev–Trinajstić information content (AvgIpc) is 3.07. The third kappa shape index (κ3) is 3.57. The quantitative estimate of drug-likeness (QED) is 0.443. The molecule has 0 saturated heterocycles. The van der Waals surface area contributed by atoms with Gasteiger partial charge >= 0.3 is 0 Å². The first-order valence-electron chi connectivity index (χ1n) is 7.97. The van der Waals surface area contributed by atoms with Gasteiger partial charge in [-0.05, 0) is 30.3 Å². The van der Waals surface area contributed by atoms with E-state index in [9.17, 15) is 0 Å². The Kier molecular flexibility index (Phi) is 4.66. The van der Waals surface area contributed by atoms with Crippen LogP contribution in [0.1, 0.15) is 0 Å². The Bertz CT molecular complexity index is 1080. The number of benzene rings is 2. The molecule has 4 rings (SSSR count). The number of hydrogen-bond donors (Lipinski definition) is 3. The third-order valence-corrected chi connectivity index (χ3v) is 5.00. The number of thiazole rings is 1. The summed E-state index contributed by atoms with van der Waals surface area (Å²) in [5.41, 5.74) is 8.19. The molecule has 0 aliphatic rings. The lowest BCUT2D eigenvalue weighted by Gasteiger charge is -2.14. The number of halogens is 1. The molecule has 0 amide bonds. The number of para-hydroxylation sites is 1. The minimum absolute atomic E-state index is 0.360. The highest BCUT2D eigenvalue weighted by Gasteiger charge is 2.13. The van der Waals surface area contributed by atoms with E-state index in [1.54, 1.807) is 25.3 Å². The number of nitrogens with zero attached hydrogens (tertiary/aromatic N) is 3. The number of hydrogen-bond acceptors (Lipinski definition) is 8. The molecule has 0 atom stereocenters. The molecule has 0 fully saturated rings. The van der Waals surface area contributed by atoms with Crippen molar-refractivity contribution in [1.82, 2.24) is 15.0 Å². The van der Waals surface area contributed by atoms with E-state index in [0.29, 0.717) is 38.9 Å². The van der Waals surface area contributed by atoms with Gasteiger partial charge in [0.2, 0.25) is 0 Å². The van der Waals surface area contributed by atoms with Crippen molar-refractivity contribution in [3.05, 3.63) is 53.8 Å². The van der Waals surface area contributed by atoms with Crippen molar-refractivity contribution in [2.75, 3.05) is 23.5 Å². The monoisotopic (exact) mass is 398 g/mol. The van der Waals surface area contributed by atoms with Gasteiger partial charge < -0.3 is 21.1 Å². The van der Waals surface area contributed by atoms with Crippen molar-refractivity contribution in [3.8, 4) is 5.75 Å². The van der Waals surface area contributed by atoms with Crippen LogP contribution in [0.2, 0.25) is 5.02 Å². The van der Waals surface area contributed by atoms with E-state index in [1.165, 1.54) is 17.7 Å². The fourth-order valence-corrected chi connectivity index (χ4v) is 3.56. The fourth-order valence-electron chi connectivity index (χ4n) is 2.53. The van der Waals surface area contributed by atoms with E-state index < -0.39 is 0 Å². The van der Waals surface area contributed by atoms with Crippen molar-refractivity contribution >= 4 is 61.3 Å². The molecule has 0 aliphatic carbocycles. The number of nitrogens with one attached hydrogen (secondary N) is 2. The van der Waals surface area contributed by atoms with Crippen LogP contribution in [0.5, 0.6) is 5.75 Å². The molecule has 27 heavy (non-hydrogen) atoms. The van der Waals surface area contributed by atoms with Crippen LogP contribution in [0.25, 0.3) is 10.2 Å². The molecule has 2 heterocycles. The summed E-state index contributed by atoms with van der Waals surface area (Å²) in [5, 5.41) is 7.57. The molecule has 4 aromatic rings. The van der Waals surface area contributed by atoms with Crippen LogP contribution in [0.15, 0.2) is 48.8 Å². The highest BCUT2D eigenvalue weighted by atomic mass is 35.5. The van der Waals surface area contributed by atoms with E-state index in [2.05, 4.69) is 25.6 Å². The lowest BCUT2D eigenvalue weighted by molar-refractivity contribution is 0.417. The molecular weight excluding hydrogens is 384 g/mol. The summed E-state index contributed by atoms with van der Waals surface area (Å²) in [5.74, 6) is 1.53. The average molecular weight is 399 g/mol. The van der Waals surface area contributed by atoms with Crippen LogP contribution in [0, 0.1) is 0 Å². The van der Waals surface area contributed by atoms with Crippen LogP contribution >= 0.6 is 22.9 Å². The number of fused-ring (bicyclic) bond motifs is 1. The van der Waals surface area contributed by atoms with Gasteiger partial charge in [-0.25, -0.2) is 15.0 Å². The summed E-state index contributed by atoms with van der Waals surface area (Å²) in [6.45, 7) is 0. The second-order valence-corrected chi connectivity index (χ2v) is 7.03. The second kappa shape index (κ2) is 7.26. The Hall–Kier alpha value is -3.10. The minimum atomic E-state index is 0.360. The molecule has 7 nitrogen and oxygen atoms in total. The summed E-state index contributed by atoms with van der Waals surface area (Å²) in [4.78, 5) is 13.0. The topological polar surface area (TPSA) is 98.0 Å². The minimum Gasteiger partial charge on any atom is -0.495 e. The Balaban J connectivity index is 1.64. The zero-order valence-electron chi connectivity index (χ0n) is 14.2. The summed E-state index contributed by atoms with van der Waals surface area (Å²) in [7, 11) is 1.58. The van der Waals surface area contributed by atoms with Gasteiger partial charge in [0.25, 0.3) is 0 Å². The molecular formula is C18H15ClN6OS. The SMILES string of the molecule is COc1ccc(Cl)cc1Nc1ncnc(Nc2nc3ccccc3s2)c1N. The predicted molar refractivity (Wildman–Crippen MR) is 111 cm³/mol. The number of aromatic nitrogens is 3. The summed E-state index contributed by atoms with van der Waals surface area (Å²) < 4.78 is 6.42. The molecule has 4 N–H and O–H groups in total. The lowest BCUT2D eigenvalue weighted by Crippen LogP contribution is -2.05. The smallest absolute Gasteiger partial charge is 0.189 e. The highest BCUT2D eigenvalue weighted by molar-refractivity contribution is 7.22. The van der Waals surface area contributed by atoms with E-state index in [0.717, 1.165) is 10.2 Å². The first-order chi connectivity index (χ1) is 13.1. The maximum Gasteiger partial charge on any atom is 0.189 e. The summed E-state index contributed by atoms with van der Waals surface area (Å²) >= 11 is 7.60. The second-order valence-electron chi connectivity index (χ2n) is 5.57. The van der Waals surface area contributed by atoms with Gasteiger partial charge in [-0.3, -0.25) is 0 Å². The Morgan fingerprint density at radius 3 is 2.63 bits per heavy atom. The molecule has 0 unspecified atom stereocenters. The first kappa shape index (κ1) is 17.3. The van der Waals surface area contributed by atoms with Crippen molar-refractivity contribution in [3.63, 3.8) is 0 Å². The number of ether oxygens (including phenoxy) is 1. The fraction of sp³-hybridized carbons (Fsp3) is 0.0556. The van der Waals surface area contributed by atoms with Crippen molar-refractivity contribution in [2.24, 2.45) is 0 Å². The number of rotatable bonds is 5. The molecule has 136 valence electrons. The standard InChI is InChI=1S/C18H15ClN6OS/c1-26-13-7-6-10(19)8-12(13)23-16-15(20)17(22-9-21-16)25-18-24-11-4-2-3-5-14(11)27-18/h2-9H,20H2,1H3,(H2,21,22,23,24,25). The number of anilines is 5. The van der Waals surface area contributed by atoms with Crippen molar-refractivity contribution in [1.29, 1.82) is 0 Å². The van der Waals surface area contributed by atoms with Crippen LogP contribution in [0.3, 0.4) is 0 Å². The summed E-state index contributed by atoms with van der Waals surface area (Å²) in [6, 6.07) is 13.1. The van der Waals surface area contributed by atoms with E-state index in [-0.39, 0.29) is 0 Å². The van der Waals surface area contributed by atoms with Gasteiger partial charge in [0.05, 0.1) is 23.0 Å². The predicted octanol–water partition coefficient (Wildman–Crippen LogP) is 4.82. The van der Waals surface area contributed by atoms with Gasteiger partial charge in [0, 0.05) is 5.02 Å². The first-order valence-corrected chi connectivity index (χ1v) is 9.17. The summed E-state index contributed by atoms with van der Waals surface area (Å²) in [6.07, 6.45) is 1.42. The zero-order chi connectivity index (χ0) is 18.8. The van der Waals surface area contributed by atoms with Crippen LogP contribution < -0.4 is 21.1 Å². The zero-order valence-corrected chi connectivity index (χ0v) is 15.8. The molecule has 2 aromatic heterocycles. The molecule has 0 saturated carbocycles. The van der Waals surface area contributed by atoms with Crippen LogP contribution in [-0.2, 0) is 0 Å². The molecule has 0 spiro atoms. The Labute approximate surface area is 164 Å². The van der Waals surface area contributed by atoms with E-state index in [1.807, 2.05) is 24.3 Å². The van der Waals surface area contributed by atoms with Crippen molar-refractivity contribution < 1.29 is 4.74 Å². The molecule has 0 radical (unpaired) electrons. The van der Waals surface area contributed by atoms with E-state index in [4.69, 9.17) is 22.1 Å². The molecule has 0 aliphatic heterocycles. The highest BCUT2D eigenvalue weighted by Crippen LogP contribution is 2.35. The number of nitrogens with two attached hydrogens (primary N) is 1. The Morgan fingerprint density at radius 2 is 1.85 bits per heavy atom. The largest absolute Gasteiger partial charge is 0.495 e. The normalized spacial score (nSPS) is 10.7.